The van der Waals surface area contributed by atoms with E-state index in [4.69, 9.17) is 4.74 Å². The molecule has 0 amide bonds. The highest BCUT2D eigenvalue weighted by molar-refractivity contribution is 6.04. The van der Waals surface area contributed by atoms with Crippen LogP contribution in [0.1, 0.15) is 56.2 Å². The van der Waals surface area contributed by atoms with Gasteiger partial charge in [0.25, 0.3) is 0 Å². The first-order valence-corrected chi connectivity index (χ1v) is 12.8. The highest BCUT2D eigenvalue weighted by Crippen LogP contribution is 2.39. The third kappa shape index (κ3) is 7.22. The van der Waals surface area contributed by atoms with Gasteiger partial charge in [-0.25, -0.2) is 8.78 Å². The van der Waals surface area contributed by atoms with Crippen LogP contribution in [0.15, 0.2) is 71.7 Å². The SMILES string of the molecule is CCCCCCOC(=O)C1CC(c2c(F)cccc2F)=NC1c1ccc(-c2ccc(OC(F)(F)F)cc2)cc1. The van der Waals surface area contributed by atoms with Gasteiger partial charge in [-0.05, 0) is 47.4 Å². The van der Waals surface area contributed by atoms with Crippen LogP contribution in [-0.4, -0.2) is 24.7 Å². The second-order valence-electron chi connectivity index (χ2n) is 9.35. The van der Waals surface area contributed by atoms with Crippen molar-refractivity contribution in [3.63, 3.8) is 0 Å². The standard InChI is InChI=1S/C30H28F5NO3/c1-2-3-4-5-17-38-29(37)23-18-26(27-24(31)7-6-8-25(27)32)36-28(23)21-11-9-19(10-12-21)20-13-15-22(16-14-20)39-30(33,34)35/h6-16,23,28H,2-5,17-18H2,1H3. The van der Waals surface area contributed by atoms with E-state index in [0.29, 0.717) is 11.1 Å². The second-order valence-corrected chi connectivity index (χ2v) is 9.35. The summed E-state index contributed by atoms with van der Waals surface area (Å²) in [6.45, 7) is 2.34. The Balaban J connectivity index is 1.56. The zero-order valence-corrected chi connectivity index (χ0v) is 21.3. The van der Waals surface area contributed by atoms with Crippen molar-refractivity contribution in [2.45, 2.75) is 51.4 Å². The predicted molar refractivity (Wildman–Crippen MR) is 137 cm³/mol. The summed E-state index contributed by atoms with van der Waals surface area (Å²) in [7, 11) is 0. The smallest absolute Gasteiger partial charge is 0.465 e. The molecule has 4 nitrogen and oxygen atoms in total. The molecule has 0 bridgehead atoms. The number of unbranched alkanes of at least 4 members (excludes halogenated alkanes) is 3. The average molecular weight is 546 g/mol. The van der Waals surface area contributed by atoms with Crippen molar-refractivity contribution in [3.05, 3.63) is 89.5 Å². The van der Waals surface area contributed by atoms with Gasteiger partial charge in [-0.15, -0.1) is 13.2 Å². The molecule has 39 heavy (non-hydrogen) atoms. The van der Waals surface area contributed by atoms with Gasteiger partial charge in [0.1, 0.15) is 17.4 Å². The highest BCUT2D eigenvalue weighted by atomic mass is 19.4. The number of benzene rings is 3. The number of halogens is 5. The Kier molecular flexibility index (Phi) is 8.99. The molecule has 3 aromatic rings. The molecular weight excluding hydrogens is 517 g/mol. The molecule has 1 aliphatic rings. The average Bonchev–Trinajstić information content (AvgIpc) is 3.33. The van der Waals surface area contributed by atoms with Crippen molar-refractivity contribution in [1.29, 1.82) is 0 Å². The Labute approximate surface area is 223 Å². The maximum Gasteiger partial charge on any atom is 0.573 e. The van der Waals surface area contributed by atoms with E-state index >= 15 is 0 Å². The summed E-state index contributed by atoms with van der Waals surface area (Å²) in [5.74, 6) is -3.07. The molecule has 1 heterocycles. The molecule has 0 saturated heterocycles. The summed E-state index contributed by atoms with van der Waals surface area (Å²) in [4.78, 5) is 17.6. The van der Waals surface area contributed by atoms with Crippen LogP contribution in [0.4, 0.5) is 22.0 Å². The summed E-state index contributed by atoms with van der Waals surface area (Å²) in [6, 6.07) is 15.3. The van der Waals surface area contributed by atoms with Crippen LogP contribution in [0, 0.1) is 17.6 Å². The van der Waals surface area contributed by atoms with Crippen molar-refractivity contribution in [2.24, 2.45) is 10.9 Å². The molecule has 2 unspecified atom stereocenters. The summed E-state index contributed by atoms with van der Waals surface area (Å²) in [6.07, 6.45) is -1.00. The Hall–Kier alpha value is -3.75. The minimum Gasteiger partial charge on any atom is -0.465 e. The van der Waals surface area contributed by atoms with Gasteiger partial charge in [-0.2, -0.15) is 0 Å². The molecule has 0 saturated carbocycles. The van der Waals surface area contributed by atoms with Gasteiger partial charge >= 0.3 is 12.3 Å². The molecule has 2 atom stereocenters. The first-order chi connectivity index (χ1) is 18.7. The van der Waals surface area contributed by atoms with Crippen molar-refractivity contribution in [3.8, 4) is 16.9 Å². The van der Waals surface area contributed by atoms with E-state index in [1.54, 1.807) is 24.3 Å². The number of rotatable bonds is 10. The van der Waals surface area contributed by atoms with E-state index in [2.05, 4.69) is 16.7 Å². The lowest BCUT2D eigenvalue weighted by molar-refractivity contribution is -0.274. The molecule has 0 spiro atoms. The van der Waals surface area contributed by atoms with E-state index in [-0.39, 0.29) is 30.1 Å². The quantitative estimate of drug-likeness (QED) is 0.147. The van der Waals surface area contributed by atoms with E-state index < -0.39 is 35.9 Å². The summed E-state index contributed by atoms with van der Waals surface area (Å²) in [5, 5.41) is 0. The molecule has 4 rings (SSSR count). The molecule has 206 valence electrons. The first kappa shape index (κ1) is 28.3. The van der Waals surface area contributed by atoms with Gasteiger partial charge in [-0.3, -0.25) is 9.79 Å². The van der Waals surface area contributed by atoms with Crippen LogP contribution in [0.2, 0.25) is 0 Å². The Morgan fingerprint density at radius 3 is 2.10 bits per heavy atom. The number of carbonyl (C=O) groups excluding carboxylic acids is 1. The first-order valence-electron chi connectivity index (χ1n) is 12.8. The lowest BCUT2D eigenvalue weighted by Gasteiger charge is -2.18. The molecule has 0 fully saturated rings. The highest BCUT2D eigenvalue weighted by Gasteiger charge is 2.39. The van der Waals surface area contributed by atoms with Crippen LogP contribution < -0.4 is 4.74 Å². The Morgan fingerprint density at radius 1 is 0.897 bits per heavy atom. The van der Waals surface area contributed by atoms with E-state index in [0.717, 1.165) is 43.4 Å². The second kappa shape index (κ2) is 12.4. The monoisotopic (exact) mass is 545 g/mol. The molecule has 3 aromatic carbocycles. The largest absolute Gasteiger partial charge is 0.573 e. The lowest BCUT2D eigenvalue weighted by Crippen LogP contribution is -2.22. The lowest BCUT2D eigenvalue weighted by atomic mass is 9.90. The van der Waals surface area contributed by atoms with Crippen molar-refractivity contribution in [1.82, 2.24) is 0 Å². The number of hydrogen-bond donors (Lipinski definition) is 0. The van der Waals surface area contributed by atoms with E-state index in [9.17, 15) is 26.7 Å². The Bertz CT molecular complexity index is 1280. The number of alkyl halides is 3. The van der Waals surface area contributed by atoms with Gasteiger partial charge in [0.15, 0.2) is 0 Å². The zero-order chi connectivity index (χ0) is 28.0. The number of aliphatic imine (C=N–C) groups is 1. The van der Waals surface area contributed by atoms with Crippen molar-refractivity contribution in [2.75, 3.05) is 6.61 Å². The fraction of sp³-hybridized carbons (Fsp3) is 0.333. The molecule has 0 N–H and O–H groups in total. The number of nitrogens with zero attached hydrogens (tertiary/aromatic N) is 1. The van der Waals surface area contributed by atoms with Gasteiger partial charge < -0.3 is 9.47 Å². The zero-order valence-electron chi connectivity index (χ0n) is 21.3. The summed E-state index contributed by atoms with van der Waals surface area (Å²) < 4.78 is 75.8. The van der Waals surface area contributed by atoms with E-state index in [1.807, 2.05) is 0 Å². The molecule has 0 radical (unpaired) electrons. The molecule has 0 aliphatic carbocycles. The Morgan fingerprint density at radius 2 is 1.51 bits per heavy atom. The minimum absolute atomic E-state index is 0.0265. The third-order valence-corrected chi connectivity index (χ3v) is 6.56. The third-order valence-electron chi connectivity index (χ3n) is 6.56. The number of hydrogen-bond acceptors (Lipinski definition) is 4. The van der Waals surface area contributed by atoms with Crippen molar-refractivity contribution < 1.29 is 36.2 Å². The van der Waals surface area contributed by atoms with Crippen LogP contribution in [0.3, 0.4) is 0 Å². The normalized spacial score (nSPS) is 17.1. The van der Waals surface area contributed by atoms with Gasteiger partial charge in [0, 0.05) is 12.1 Å². The van der Waals surface area contributed by atoms with E-state index in [1.165, 1.54) is 30.3 Å². The maximum atomic E-state index is 14.5. The number of ether oxygens (including phenoxy) is 2. The fourth-order valence-electron chi connectivity index (χ4n) is 4.62. The molecule has 0 aromatic heterocycles. The predicted octanol–water partition coefficient (Wildman–Crippen LogP) is 8.20. The van der Waals surface area contributed by atoms with Crippen LogP contribution in [0.5, 0.6) is 5.75 Å². The van der Waals surface area contributed by atoms with Gasteiger partial charge in [0.05, 0.1) is 24.1 Å². The number of esters is 1. The topological polar surface area (TPSA) is 47.9 Å². The summed E-state index contributed by atoms with van der Waals surface area (Å²) >= 11 is 0. The number of carbonyl (C=O) groups is 1. The van der Waals surface area contributed by atoms with Gasteiger partial charge in [-0.1, -0.05) is 68.7 Å². The van der Waals surface area contributed by atoms with Crippen molar-refractivity contribution >= 4 is 11.7 Å². The summed E-state index contributed by atoms with van der Waals surface area (Å²) in [5.41, 5.74) is 1.93. The van der Waals surface area contributed by atoms with Crippen LogP contribution >= 0.6 is 0 Å². The van der Waals surface area contributed by atoms with Crippen LogP contribution in [0.25, 0.3) is 11.1 Å². The fourth-order valence-corrected chi connectivity index (χ4v) is 4.62. The maximum absolute atomic E-state index is 14.5. The molecular formula is C30H28F5NO3. The van der Waals surface area contributed by atoms with Gasteiger partial charge in [0.2, 0.25) is 0 Å². The molecule has 9 heteroatoms. The minimum atomic E-state index is -4.78. The molecule has 1 aliphatic heterocycles. The van der Waals surface area contributed by atoms with Crippen LogP contribution in [-0.2, 0) is 9.53 Å².